The molecule has 3 rings (SSSR count). The SMILES string of the molecule is Cc1cc2nc(SCC(=O)Nc3cc(Cl)ccc3C)n(CCC(C)C)c(=O)c2[nH]1. The van der Waals surface area contributed by atoms with Crippen LogP contribution in [0.25, 0.3) is 11.0 Å². The number of nitrogens with one attached hydrogen (secondary N) is 2. The Hall–Kier alpha value is -2.25. The summed E-state index contributed by atoms with van der Waals surface area (Å²) in [7, 11) is 0. The molecular formula is C21H25ClN4O2S. The molecule has 0 atom stereocenters. The van der Waals surface area contributed by atoms with E-state index in [1.807, 2.05) is 26.0 Å². The average molecular weight is 433 g/mol. The highest BCUT2D eigenvalue weighted by Gasteiger charge is 2.15. The third kappa shape index (κ3) is 5.22. The summed E-state index contributed by atoms with van der Waals surface area (Å²) in [5.74, 6) is 0.430. The molecule has 1 aromatic carbocycles. The fourth-order valence-corrected chi connectivity index (χ4v) is 3.95. The van der Waals surface area contributed by atoms with E-state index in [1.165, 1.54) is 11.8 Å². The largest absolute Gasteiger partial charge is 0.353 e. The average Bonchev–Trinajstić information content (AvgIpc) is 3.03. The van der Waals surface area contributed by atoms with Gasteiger partial charge in [0, 0.05) is 22.9 Å². The van der Waals surface area contributed by atoms with Crippen molar-refractivity contribution in [2.75, 3.05) is 11.1 Å². The number of anilines is 1. The molecule has 0 fully saturated rings. The summed E-state index contributed by atoms with van der Waals surface area (Å²) in [6.07, 6.45) is 0.855. The van der Waals surface area contributed by atoms with E-state index in [0.717, 1.165) is 17.7 Å². The number of fused-ring (bicyclic) bond motifs is 1. The Labute approximate surface area is 179 Å². The normalized spacial score (nSPS) is 11.4. The van der Waals surface area contributed by atoms with Gasteiger partial charge >= 0.3 is 0 Å². The second-order valence-electron chi connectivity index (χ2n) is 7.54. The Morgan fingerprint density at radius 2 is 2.07 bits per heavy atom. The number of halogens is 1. The van der Waals surface area contributed by atoms with Gasteiger partial charge in [-0.2, -0.15) is 0 Å². The highest BCUT2D eigenvalue weighted by atomic mass is 35.5. The second kappa shape index (κ2) is 9.05. The number of aromatic nitrogens is 3. The summed E-state index contributed by atoms with van der Waals surface area (Å²) in [4.78, 5) is 33.2. The fourth-order valence-electron chi connectivity index (χ4n) is 2.95. The van der Waals surface area contributed by atoms with Gasteiger partial charge < -0.3 is 10.3 Å². The van der Waals surface area contributed by atoms with Gasteiger partial charge in [0.2, 0.25) is 5.91 Å². The number of nitrogens with zero attached hydrogens (tertiary/aromatic N) is 2. The topological polar surface area (TPSA) is 79.8 Å². The summed E-state index contributed by atoms with van der Waals surface area (Å²) >= 11 is 7.29. The third-order valence-electron chi connectivity index (χ3n) is 4.57. The van der Waals surface area contributed by atoms with Gasteiger partial charge in [-0.1, -0.05) is 43.3 Å². The maximum absolute atomic E-state index is 13.0. The first-order valence-electron chi connectivity index (χ1n) is 9.53. The lowest BCUT2D eigenvalue weighted by Crippen LogP contribution is -2.25. The summed E-state index contributed by atoms with van der Waals surface area (Å²) < 4.78 is 1.67. The first kappa shape index (κ1) is 21.5. The zero-order chi connectivity index (χ0) is 21.1. The molecule has 0 aliphatic heterocycles. The van der Waals surface area contributed by atoms with E-state index in [1.54, 1.807) is 16.7 Å². The zero-order valence-corrected chi connectivity index (χ0v) is 18.6. The van der Waals surface area contributed by atoms with E-state index in [-0.39, 0.29) is 17.2 Å². The van der Waals surface area contributed by atoms with Gasteiger partial charge in [0.15, 0.2) is 5.16 Å². The number of carbonyl (C=O) groups is 1. The van der Waals surface area contributed by atoms with E-state index in [0.29, 0.717) is 39.4 Å². The van der Waals surface area contributed by atoms with Gasteiger partial charge in [-0.15, -0.1) is 0 Å². The molecule has 1 amide bonds. The van der Waals surface area contributed by atoms with Gasteiger partial charge in [0.25, 0.3) is 5.56 Å². The van der Waals surface area contributed by atoms with Crippen molar-refractivity contribution in [3.8, 4) is 0 Å². The van der Waals surface area contributed by atoms with Crippen LogP contribution in [0.1, 0.15) is 31.5 Å². The number of aromatic amines is 1. The molecule has 0 unspecified atom stereocenters. The summed E-state index contributed by atoms with van der Waals surface area (Å²) in [5.41, 5.74) is 3.54. The number of hydrogen-bond acceptors (Lipinski definition) is 4. The van der Waals surface area contributed by atoms with Gasteiger partial charge in [-0.25, -0.2) is 4.98 Å². The molecular weight excluding hydrogens is 408 g/mol. The quantitative estimate of drug-likeness (QED) is 0.416. The molecule has 2 heterocycles. The molecule has 6 nitrogen and oxygen atoms in total. The standard InChI is InChI=1S/C21H25ClN4O2S/c1-12(2)7-8-26-20(28)19-17(9-14(4)23-19)25-21(26)29-11-18(27)24-16-10-15(22)6-5-13(16)3/h5-6,9-10,12,23H,7-8,11H2,1-4H3,(H,24,27). The van der Waals surface area contributed by atoms with Crippen LogP contribution in [0.15, 0.2) is 34.2 Å². The third-order valence-corrected chi connectivity index (χ3v) is 5.79. The second-order valence-corrected chi connectivity index (χ2v) is 8.92. The number of rotatable bonds is 7. The van der Waals surface area contributed by atoms with Crippen LogP contribution in [0, 0.1) is 19.8 Å². The number of amides is 1. The van der Waals surface area contributed by atoms with E-state index in [2.05, 4.69) is 29.1 Å². The number of aryl methyl sites for hydroxylation is 2. The van der Waals surface area contributed by atoms with Crippen molar-refractivity contribution in [3.63, 3.8) is 0 Å². The molecule has 2 N–H and O–H groups in total. The minimum Gasteiger partial charge on any atom is -0.353 e. The van der Waals surface area contributed by atoms with Crippen LogP contribution in [0.5, 0.6) is 0 Å². The van der Waals surface area contributed by atoms with E-state index in [4.69, 9.17) is 11.6 Å². The molecule has 29 heavy (non-hydrogen) atoms. The fraction of sp³-hybridized carbons (Fsp3) is 0.381. The number of carbonyl (C=O) groups excluding carboxylic acids is 1. The summed E-state index contributed by atoms with van der Waals surface area (Å²) in [6.45, 7) is 8.60. The lowest BCUT2D eigenvalue weighted by atomic mass is 10.1. The molecule has 154 valence electrons. The molecule has 8 heteroatoms. The lowest BCUT2D eigenvalue weighted by molar-refractivity contribution is -0.113. The Bertz CT molecular complexity index is 1100. The maximum Gasteiger partial charge on any atom is 0.278 e. The van der Waals surface area contributed by atoms with Crippen molar-refractivity contribution in [1.82, 2.24) is 14.5 Å². The van der Waals surface area contributed by atoms with Crippen LogP contribution >= 0.6 is 23.4 Å². The minimum atomic E-state index is -0.171. The maximum atomic E-state index is 13.0. The summed E-state index contributed by atoms with van der Waals surface area (Å²) in [6, 6.07) is 7.22. The molecule has 0 spiro atoms. The zero-order valence-electron chi connectivity index (χ0n) is 17.0. The van der Waals surface area contributed by atoms with Crippen LogP contribution in [0.4, 0.5) is 5.69 Å². The van der Waals surface area contributed by atoms with Crippen molar-refractivity contribution in [1.29, 1.82) is 0 Å². The highest BCUT2D eigenvalue weighted by molar-refractivity contribution is 7.99. The van der Waals surface area contributed by atoms with Crippen molar-refractivity contribution in [3.05, 3.63) is 50.9 Å². The molecule has 0 saturated heterocycles. The van der Waals surface area contributed by atoms with Crippen LogP contribution < -0.4 is 10.9 Å². The molecule has 0 radical (unpaired) electrons. The molecule has 0 aliphatic rings. The first-order valence-corrected chi connectivity index (χ1v) is 10.9. The van der Waals surface area contributed by atoms with Crippen LogP contribution in [-0.2, 0) is 11.3 Å². The van der Waals surface area contributed by atoms with Gasteiger partial charge in [0.05, 0.1) is 11.3 Å². The predicted octanol–water partition coefficient (Wildman–Crippen LogP) is 4.77. The number of hydrogen-bond donors (Lipinski definition) is 2. The van der Waals surface area contributed by atoms with Gasteiger partial charge in [0.1, 0.15) is 5.52 Å². The van der Waals surface area contributed by atoms with Crippen molar-refractivity contribution in [2.24, 2.45) is 5.92 Å². The molecule has 2 aromatic heterocycles. The number of benzene rings is 1. The van der Waals surface area contributed by atoms with Crippen LogP contribution in [0.2, 0.25) is 5.02 Å². The Kier molecular flexibility index (Phi) is 6.70. The minimum absolute atomic E-state index is 0.0997. The van der Waals surface area contributed by atoms with Crippen molar-refractivity contribution < 1.29 is 4.79 Å². The van der Waals surface area contributed by atoms with Crippen LogP contribution in [0.3, 0.4) is 0 Å². The number of thioether (sulfide) groups is 1. The predicted molar refractivity (Wildman–Crippen MR) is 120 cm³/mol. The Morgan fingerprint density at radius 3 is 2.79 bits per heavy atom. The van der Waals surface area contributed by atoms with Crippen LogP contribution in [-0.4, -0.2) is 26.2 Å². The lowest BCUT2D eigenvalue weighted by Gasteiger charge is -2.13. The molecule has 0 saturated carbocycles. The Balaban J connectivity index is 1.82. The number of H-pyrrole nitrogens is 1. The van der Waals surface area contributed by atoms with Gasteiger partial charge in [-0.05, 0) is 49.9 Å². The van der Waals surface area contributed by atoms with E-state index < -0.39 is 0 Å². The first-order chi connectivity index (χ1) is 13.7. The monoisotopic (exact) mass is 432 g/mol. The smallest absolute Gasteiger partial charge is 0.278 e. The summed E-state index contributed by atoms with van der Waals surface area (Å²) in [5, 5.41) is 4.00. The highest BCUT2D eigenvalue weighted by Crippen LogP contribution is 2.22. The van der Waals surface area contributed by atoms with Crippen molar-refractivity contribution in [2.45, 2.75) is 45.8 Å². The van der Waals surface area contributed by atoms with E-state index in [9.17, 15) is 9.59 Å². The molecule has 0 aliphatic carbocycles. The Morgan fingerprint density at radius 1 is 1.31 bits per heavy atom. The molecule has 0 bridgehead atoms. The van der Waals surface area contributed by atoms with E-state index >= 15 is 0 Å². The van der Waals surface area contributed by atoms with Gasteiger partial charge in [-0.3, -0.25) is 14.2 Å². The molecule has 3 aromatic rings. The van der Waals surface area contributed by atoms with Crippen molar-refractivity contribution >= 4 is 46.0 Å².